The summed E-state index contributed by atoms with van der Waals surface area (Å²) in [4.78, 5) is 29.0. The highest BCUT2D eigenvalue weighted by atomic mass is 16.5. The maximum Gasteiger partial charge on any atom is 0.249 e. The number of rotatable bonds is 5. The molecule has 0 radical (unpaired) electrons. The molecule has 0 bridgehead atoms. The van der Waals surface area contributed by atoms with Gasteiger partial charge in [0.25, 0.3) is 0 Å². The first kappa shape index (κ1) is 18.5. The molecule has 28 heavy (non-hydrogen) atoms. The largest absolute Gasteiger partial charge is 0.378 e. The van der Waals surface area contributed by atoms with Crippen LogP contribution in [0.4, 0.5) is 11.4 Å². The quantitative estimate of drug-likeness (QED) is 0.868. The number of hydrogen-bond donors (Lipinski definition) is 1. The fraction of sp³-hybridized carbons (Fsp3) is 0.364. The van der Waals surface area contributed by atoms with Gasteiger partial charge in [0, 0.05) is 37.4 Å². The van der Waals surface area contributed by atoms with Crippen molar-refractivity contribution in [2.24, 2.45) is 0 Å². The molecule has 2 aliphatic rings. The first-order valence-electron chi connectivity index (χ1n) is 9.81. The van der Waals surface area contributed by atoms with Crippen LogP contribution in [0.25, 0.3) is 0 Å². The van der Waals surface area contributed by atoms with Gasteiger partial charge in [-0.25, -0.2) is 0 Å². The van der Waals surface area contributed by atoms with Gasteiger partial charge in [0.15, 0.2) is 0 Å². The maximum atomic E-state index is 13.2. The molecular weight excluding hydrogens is 354 g/mol. The Morgan fingerprint density at radius 1 is 1.00 bits per heavy atom. The van der Waals surface area contributed by atoms with E-state index in [0.717, 1.165) is 29.9 Å². The highest BCUT2D eigenvalue weighted by Gasteiger charge is 2.28. The summed E-state index contributed by atoms with van der Waals surface area (Å²) in [6.07, 6.45) is 1.48. The van der Waals surface area contributed by atoms with Crippen molar-refractivity contribution in [3.8, 4) is 0 Å². The summed E-state index contributed by atoms with van der Waals surface area (Å²) in [5.74, 6) is 0.193. The van der Waals surface area contributed by atoms with E-state index in [1.165, 1.54) is 0 Å². The van der Waals surface area contributed by atoms with E-state index >= 15 is 0 Å². The molecule has 4 rings (SSSR count). The third-order valence-electron chi connectivity index (χ3n) is 5.24. The van der Waals surface area contributed by atoms with E-state index in [0.29, 0.717) is 32.7 Å². The highest BCUT2D eigenvalue weighted by molar-refractivity contribution is 5.96. The number of benzene rings is 2. The Hall–Kier alpha value is -2.86. The fourth-order valence-corrected chi connectivity index (χ4v) is 3.75. The number of morpholine rings is 1. The van der Waals surface area contributed by atoms with Crippen LogP contribution in [0, 0.1) is 0 Å². The topological polar surface area (TPSA) is 61.9 Å². The van der Waals surface area contributed by atoms with E-state index in [2.05, 4.69) is 5.32 Å². The molecule has 2 aromatic carbocycles. The minimum absolute atomic E-state index is 0.0390. The number of nitrogens with one attached hydrogen (secondary N) is 1. The smallest absolute Gasteiger partial charge is 0.249 e. The lowest BCUT2D eigenvalue weighted by molar-refractivity contribution is -0.136. The summed E-state index contributed by atoms with van der Waals surface area (Å²) in [5.41, 5.74) is 2.62. The summed E-state index contributed by atoms with van der Waals surface area (Å²) in [6, 6.07) is 17.0. The number of ether oxygens (including phenoxy) is 1. The van der Waals surface area contributed by atoms with Gasteiger partial charge in [-0.05, 0) is 30.2 Å². The summed E-state index contributed by atoms with van der Waals surface area (Å²) < 4.78 is 5.38. The van der Waals surface area contributed by atoms with Crippen molar-refractivity contribution in [1.29, 1.82) is 0 Å². The van der Waals surface area contributed by atoms with Gasteiger partial charge in [-0.2, -0.15) is 0 Å². The van der Waals surface area contributed by atoms with Gasteiger partial charge in [-0.3, -0.25) is 9.59 Å². The molecule has 1 unspecified atom stereocenters. The van der Waals surface area contributed by atoms with Gasteiger partial charge in [0.1, 0.15) is 6.04 Å². The molecule has 0 aliphatic carbocycles. The van der Waals surface area contributed by atoms with Gasteiger partial charge in [0.05, 0.1) is 13.2 Å². The molecule has 2 aromatic rings. The number of carbonyl (C=O) groups excluding carboxylic acids is 2. The molecule has 2 saturated heterocycles. The van der Waals surface area contributed by atoms with Crippen LogP contribution in [0.15, 0.2) is 54.6 Å². The number of carbonyl (C=O) groups is 2. The summed E-state index contributed by atoms with van der Waals surface area (Å²) in [5, 5.41) is 3.40. The zero-order chi connectivity index (χ0) is 19.3. The van der Waals surface area contributed by atoms with Gasteiger partial charge in [0.2, 0.25) is 11.8 Å². The maximum absolute atomic E-state index is 13.2. The monoisotopic (exact) mass is 379 g/mol. The standard InChI is InChI=1S/C22H25N3O3/c26-20-10-5-11-25(20)19-9-4-8-18(16-19)23-21(17-6-2-1-3-7-17)22(27)24-12-14-28-15-13-24/h1-4,6-9,16,21,23H,5,10-15H2. The van der Waals surface area contributed by atoms with Crippen molar-refractivity contribution in [2.75, 3.05) is 43.1 Å². The molecule has 2 amide bonds. The van der Waals surface area contributed by atoms with Crippen LogP contribution in [0.5, 0.6) is 0 Å². The van der Waals surface area contributed by atoms with Crippen LogP contribution >= 0.6 is 0 Å². The second-order valence-corrected chi connectivity index (χ2v) is 7.12. The van der Waals surface area contributed by atoms with Crippen LogP contribution in [0.3, 0.4) is 0 Å². The van der Waals surface area contributed by atoms with Crippen LogP contribution in [-0.2, 0) is 14.3 Å². The molecule has 146 valence electrons. The van der Waals surface area contributed by atoms with E-state index in [1.807, 2.05) is 64.4 Å². The van der Waals surface area contributed by atoms with Crippen molar-refractivity contribution in [1.82, 2.24) is 4.90 Å². The second-order valence-electron chi connectivity index (χ2n) is 7.12. The number of hydrogen-bond acceptors (Lipinski definition) is 4. The molecule has 0 aromatic heterocycles. The van der Waals surface area contributed by atoms with E-state index in [1.54, 1.807) is 0 Å². The number of amides is 2. The fourth-order valence-electron chi connectivity index (χ4n) is 3.75. The molecule has 0 saturated carbocycles. The average Bonchev–Trinajstić information content (AvgIpc) is 3.19. The van der Waals surface area contributed by atoms with Crippen LogP contribution in [-0.4, -0.2) is 49.6 Å². The zero-order valence-electron chi connectivity index (χ0n) is 15.8. The molecule has 2 aliphatic heterocycles. The first-order valence-corrected chi connectivity index (χ1v) is 9.81. The van der Waals surface area contributed by atoms with E-state index in [4.69, 9.17) is 4.74 Å². The minimum Gasteiger partial charge on any atom is -0.378 e. The third-order valence-corrected chi connectivity index (χ3v) is 5.24. The van der Waals surface area contributed by atoms with Crippen molar-refractivity contribution < 1.29 is 14.3 Å². The lowest BCUT2D eigenvalue weighted by atomic mass is 10.0. The van der Waals surface area contributed by atoms with E-state index < -0.39 is 6.04 Å². The van der Waals surface area contributed by atoms with Gasteiger partial charge >= 0.3 is 0 Å². The van der Waals surface area contributed by atoms with Crippen LogP contribution in [0.2, 0.25) is 0 Å². The second kappa shape index (κ2) is 8.44. The normalized spacial score (nSPS) is 18.2. The van der Waals surface area contributed by atoms with Crippen molar-refractivity contribution in [3.63, 3.8) is 0 Å². The van der Waals surface area contributed by atoms with Gasteiger partial charge in [-0.1, -0.05) is 36.4 Å². The lowest BCUT2D eigenvalue weighted by Crippen LogP contribution is -2.44. The van der Waals surface area contributed by atoms with E-state index in [-0.39, 0.29) is 11.8 Å². The number of anilines is 2. The van der Waals surface area contributed by atoms with Crippen LogP contribution < -0.4 is 10.2 Å². The average molecular weight is 379 g/mol. The summed E-state index contributed by atoms with van der Waals surface area (Å²) >= 11 is 0. The molecular formula is C22H25N3O3. The molecule has 6 nitrogen and oxygen atoms in total. The lowest BCUT2D eigenvalue weighted by Gasteiger charge is -2.31. The Labute approximate surface area is 165 Å². The van der Waals surface area contributed by atoms with Gasteiger partial charge < -0.3 is 19.9 Å². The Balaban J connectivity index is 1.59. The minimum atomic E-state index is -0.483. The molecule has 6 heteroatoms. The van der Waals surface area contributed by atoms with Crippen molar-refractivity contribution in [2.45, 2.75) is 18.9 Å². The van der Waals surface area contributed by atoms with Crippen molar-refractivity contribution in [3.05, 3.63) is 60.2 Å². The van der Waals surface area contributed by atoms with E-state index in [9.17, 15) is 9.59 Å². The molecule has 1 N–H and O–H groups in total. The number of nitrogens with zero attached hydrogens (tertiary/aromatic N) is 2. The Morgan fingerprint density at radius 2 is 1.79 bits per heavy atom. The molecule has 1 atom stereocenters. The van der Waals surface area contributed by atoms with Crippen molar-refractivity contribution >= 4 is 23.2 Å². The molecule has 2 fully saturated rings. The van der Waals surface area contributed by atoms with Gasteiger partial charge in [-0.15, -0.1) is 0 Å². The Morgan fingerprint density at radius 3 is 2.50 bits per heavy atom. The molecule has 0 spiro atoms. The Kier molecular flexibility index (Phi) is 5.58. The Bertz CT molecular complexity index is 834. The summed E-state index contributed by atoms with van der Waals surface area (Å²) in [6.45, 7) is 3.09. The third kappa shape index (κ3) is 4.02. The highest BCUT2D eigenvalue weighted by Crippen LogP contribution is 2.27. The SMILES string of the molecule is O=C(C(Nc1cccc(N2CCCC2=O)c1)c1ccccc1)N1CCOCC1. The van der Waals surface area contributed by atoms with Crippen LogP contribution in [0.1, 0.15) is 24.4 Å². The predicted molar refractivity (Wildman–Crippen MR) is 108 cm³/mol. The summed E-state index contributed by atoms with van der Waals surface area (Å²) in [7, 11) is 0. The zero-order valence-corrected chi connectivity index (χ0v) is 15.8. The first-order chi connectivity index (χ1) is 13.7. The predicted octanol–water partition coefficient (Wildman–Crippen LogP) is 2.83. The molecule has 2 heterocycles.